The third kappa shape index (κ3) is 1.63. The van der Waals surface area contributed by atoms with Crippen molar-refractivity contribution in [2.75, 3.05) is 4.90 Å². The summed E-state index contributed by atoms with van der Waals surface area (Å²) in [6, 6.07) is 10.1. The maximum absolute atomic E-state index is 5.90. The van der Waals surface area contributed by atoms with Gasteiger partial charge in [0.2, 0.25) is 0 Å². The number of rotatable bonds is 1. The number of anilines is 1. The fourth-order valence-electron chi connectivity index (χ4n) is 1.37. The molecule has 1 aromatic rings. The highest BCUT2D eigenvalue weighted by Gasteiger charge is 2.10. The van der Waals surface area contributed by atoms with Crippen molar-refractivity contribution >= 4 is 5.69 Å². The Balaban J connectivity index is 2.27. The largest absolute Gasteiger partial charge is 0.329 e. The minimum atomic E-state index is -0.0487. The van der Waals surface area contributed by atoms with Crippen molar-refractivity contribution in [3.8, 4) is 0 Å². The molecule has 1 aromatic carbocycles. The van der Waals surface area contributed by atoms with E-state index in [1.54, 1.807) is 0 Å². The molecule has 0 amide bonds. The SMILES string of the molecule is NC1C=CC=CN1c1ccccc1. The van der Waals surface area contributed by atoms with Crippen molar-refractivity contribution in [1.82, 2.24) is 0 Å². The van der Waals surface area contributed by atoms with E-state index in [1.807, 2.05) is 59.7 Å². The average Bonchev–Trinajstić information content (AvgIpc) is 2.20. The smallest absolute Gasteiger partial charge is 0.101 e. The highest BCUT2D eigenvalue weighted by atomic mass is 15.2. The highest BCUT2D eigenvalue weighted by Crippen LogP contribution is 2.17. The molecule has 0 aliphatic carbocycles. The van der Waals surface area contributed by atoms with Crippen LogP contribution in [0.1, 0.15) is 0 Å². The van der Waals surface area contributed by atoms with Crippen LogP contribution in [0.3, 0.4) is 0 Å². The van der Waals surface area contributed by atoms with Crippen LogP contribution in [-0.2, 0) is 0 Å². The first-order valence-corrected chi connectivity index (χ1v) is 4.32. The lowest BCUT2D eigenvalue weighted by Crippen LogP contribution is -2.37. The lowest BCUT2D eigenvalue weighted by molar-refractivity contribution is 0.810. The zero-order valence-electron chi connectivity index (χ0n) is 7.30. The van der Waals surface area contributed by atoms with Crippen LogP contribution in [0.15, 0.2) is 54.8 Å². The summed E-state index contributed by atoms with van der Waals surface area (Å²) in [6.07, 6.45) is 7.85. The topological polar surface area (TPSA) is 29.3 Å². The predicted molar refractivity (Wildman–Crippen MR) is 55.2 cm³/mol. The highest BCUT2D eigenvalue weighted by molar-refractivity contribution is 5.52. The van der Waals surface area contributed by atoms with Gasteiger partial charge in [-0.15, -0.1) is 0 Å². The summed E-state index contributed by atoms with van der Waals surface area (Å²) < 4.78 is 0. The molecule has 0 radical (unpaired) electrons. The molecule has 2 nitrogen and oxygen atoms in total. The number of benzene rings is 1. The van der Waals surface area contributed by atoms with Crippen LogP contribution in [0.25, 0.3) is 0 Å². The summed E-state index contributed by atoms with van der Waals surface area (Å²) in [6.45, 7) is 0. The molecule has 0 aromatic heterocycles. The zero-order chi connectivity index (χ0) is 9.10. The van der Waals surface area contributed by atoms with Crippen LogP contribution >= 0.6 is 0 Å². The number of allylic oxidation sites excluding steroid dienone is 2. The quantitative estimate of drug-likeness (QED) is 0.700. The second kappa shape index (κ2) is 3.46. The third-order valence-corrected chi connectivity index (χ3v) is 2.04. The predicted octanol–water partition coefficient (Wildman–Crippen LogP) is 1.86. The van der Waals surface area contributed by atoms with E-state index in [0.717, 1.165) is 5.69 Å². The van der Waals surface area contributed by atoms with E-state index >= 15 is 0 Å². The van der Waals surface area contributed by atoms with Crippen molar-refractivity contribution in [3.63, 3.8) is 0 Å². The first-order valence-electron chi connectivity index (χ1n) is 4.32. The molecule has 2 rings (SSSR count). The van der Waals surface area contributed by atoms with Crippen molar-refractivity contribution in [2.45, 2.75) is 6.17 Å². The zero-order valence-corrected chi connectivity index (χ0v) is 7.30. The Morgan fingerprint density at radius 3 is 2.54 bits per heavy atom. The summed E-state index contributed by atoms with van der Waals surface area (Å²) >= 11 is 0. The summed E-state index contributed by atoms with van der Waals surface area (Å²) in [5.74, 6) is 0. The Labute approximate surface area is 78.0 Å². The van der Waals surface area contributed by atoms with Gasteiger partial charge in [0, 0.05) is 11.9 Å². The molecular weight excluding hydrogens is 160 g/mol. The van der Waals surface area contributed by atoms with Gasteiger partial charge in [-0.25, -0.2) is 0 Å². The molecule has 66 valence electrons. The molecule has 2 heteroatoms. The molecule has 2 N–H and O–H groups in total. The Morgan fingerprint density at radius 2 is 1.85 bits per heavy atom. The van der Waals surface area contributed by atoms with E-state index in [2.05, 4.69) is 0 Å². The molecule has 1 atom stereocenters. The number of nitrogens with two attached hydrogens (primary N) is 1. The van der Waals surface area contributed by atoms with Crippen LogP contribution in [-0.4, -0.2) is 6.17 Å². The lowest BCUT2D eigenvalue weighted by atomic mass is 10.2. The van der Waals surface area contributed by atoms with Crippen LogP contribution in [0.2, 0.25) is 0 Å². The van der Waals surface area contributed by atoms with E-state index in [9.17, 15) is 0 Å². The van der Waals surface area contributed by atoms with Gasteiger partial charge in [0.05, 0.1) is 0 Å². The first kappa shape index (κ1) is 8.08. The van der Waals surface area contributed by atoms with Gasteiger partial charge < -0.3 is 10.6 Å². The standard InChI is InChI=1S/C11H12N2/c12-11-8-4-5-9-13(11)10-6-2-1-3-7-10/h1-9,11H,12H2. The van der Waals surface area contributed by atoms with Crippen LogP contribution in [0.5, 0.6) is 0 Å². The van der Waals surface area contributed by atoms with Crippen LogP contribution in [0, 0.1) is 0 Å². The van der Waals surface area contributed by atoms with Gasteiger partial charge in [-0.05, 0) is 24.3 Å². The number of hydrogen-bond donors (Lipinski definition) is 1. The minimum Gasteiger partial charge on any atom is -0.329 e. The molecule has 13 heavy (non-hydrogen) atoms. The van der Waals surface area contributed by atoms with Crippen molar-refractivity contribution in [1.29, 1.82) is 0 Å². The fourth-order valence-corrected chi connectivity index (χ4v) is 1.37. The van der Waals surface area contributed by atoms with Gasteiger partial charge >= 0.3 is 0 Å². The fraction of sp³-hybridized carbons (Fsp3) is 0.0909. The van der Waals surface area contributed by atoms with Crippen molar-refractivity contribution in [2.24, 2.45) is 5.73 Å². The summed E-state index contributed by atoms with van der Waals surface area (Å²) in [5, 5.41) is 0. The van der Waals surface area contributed by atoms with Gasteiger partial charge in [0.1, 0.15) is 6.17 Å². The van der Waals surface area contributed by atoms with Gasteiger partial charge in [0.25, 0.3) is 0 Å². The van der Waals surface area contributed by atoms with Crippen LogP contribution in [0.4, 0.5) is 5.69 Å². The molecule has 1 heterocycles. The molecule has 0 spiro atoms. The number of nitrogens with zero attached hydrogens (tertiary/aromatic N) is 1. The molecular formula is C11H12N2. The molecule has 0 fully saturated rings. The van der Waals surface area contributed by atoms with E-state index in [0.29, 0.717) is 0 Å². The van der Waals surface area contributed by atoms with Crippen molar-refractivity contribution in [3.05, 3.63) is 54.8 Å². The molecule has 1 unspecified atom stereocenters. The monoisotopic (exact) mass is 172 g/mol. The lowest BCUT2D eigenvalue weighted by Gasteiger charge is -2.27. The average molecular weight is 172 g/mol. The molecule has 0 saturated carbocycles. The Hall–Kier alpha value is -1.54. The second-order valence-electron chi connectivity index (χ2n) is 2.96. The first-order chi connectivity index (χ1) is 6.38. The molecule has 0 saturated heterocycles. The van der Waals surface area contributed by atoms with E-state index in [1.165, 1.54) is 0 Å². The van der Waals surface area contributed by atoms with Gasteiger partial charge in [-0.3, -0.25) is 0 Å². The second-order valence-corrected chi connectivity index (χ2v) is 2.96. The van der Waals surface area contributed by atoms with Gasteiger partial charge in [0.15, 0.2) is 0 Å². The van der Waals surface area contributed by atoms with Crippen molar-refractivity contribution < 1.29 is 0 Å². The Morgan fingerprint density at radius 1 is 1.08 bits per heavy atom. The summed E-state index contributed by atoms with van der Waals surface area (Å²) in [7, 11) is 0. The molecule has 1 aliphatic heterocycles. The van der Waals surface area contributed by atoms with E-state index < -0.39 is 0 Å². The summed E-state index contributed by atoms with van der Waals surface area (Å²) in [5.41, 5.74) is 7.02. The number of hydrogen-bond acceptors (Lipinski definition) is 2. The van der Waals surface area contributed by atoms with E-state index in [4.69, 9.17) is 5.73 Å². The van der Waals surface area contributed by atoms with Crippen LogP contribution < -0.4 is 10.6 Å². The molecule has 0 bridgehead atoms. The third-order valence-electron chi connectivity index (χ3n) is 2.04. The number of para-hydroxylation sites is 1. The van der Waals surface area contributed by atoms with Gasteiger partial charge in [-0.1, -0.05) is 24.3 Å². The molecule has 1 aliphatic rings. The summed E-state index contributed by atoms with van der Waals surface area (Å²) in [4.78, 5) is 2.03. The van der Waals surface area contributed by atoms with E-state index in [-0.39, 0.29) is 6.17 Å². The van der Waals surface area contributed by atoms with Gasteiger partial charge in [-0.2, -0.15) is 0 Å². The minimum absolute atomic E-state index is 0.0487. The maximum Gasteiger partial charge on any atom is 0.101 e. The normalized spacial score (nSPS) is 20.7. The Bertz CT molecular complexity index is 327. The Kier molecular flexibility index (Phi) is 2.15. The maximum atomic E-state index is 5.90.